The Morgan fingerprint density at radius 3 is 2.62 bits per heavy atom. The number of carbonyl (C=O) groups is 1. The number of alkyl halides is 3. The smallest absolute Gasteiger partial charge is 0.416 e. The van der Waals surface area contributed by atoms with Crippen molar-refractivity contribution in [3.63, 3.8) is 0 Å². The highest BCUT2D eigenvalue weighted by atomic mass is 32.1. The van der Waals surface area contributed by atoms with Crippen LogP contribution in [0.5, 0.6) is 0 Å². The van der Waals surface area contributed by atoms with Gasteiger partial charge in [-0.15, -0.1) is 11.3 Å². The van der Waals surface area contributed by atoms with Crippen molar-refractivity contribution in [3.8, 4) is 0 Å². The van der Waals surface area contributed by atoms with E-state index < -0.39 is 17.7 Å². The number of hydrogen-bond donors (Lipinski definition) is 0. The van der Waals surface area contributed by atoms with Crippen molar-refractivity contribution in [1.82, 2.24) is 0 Å². The summed E-state index contributed by atoms with van der Waals surface area (Å²) in [6, 6.07) is 5.55. The number of hydrogen-bond acceptors (Lipinski definition) is 3. The van der Waals surface area contributed by atoms with Crippen LogP contribution in [0.1, 0.15) is 43.6 Å². The number of thiophene rings is 1. The van der Waals surface area contributed by atoms with Crippen molar-refractivity contribution in [2.24, 2.45) is 0 Å². The number of esters is 1. The van der Waals surface area contributed by atoms with Crippen molar-refractivity contribution < 1.29 is 22.7 Å². The Morgan fingerprint density at radius 1 is 1.25 bits per heavy atom. The van der Waals surface area contributed by atoms with Crippen molar-refractivity contribution in [2.75, 3.05) is 6.61 Å². The van der Waals surface area contributed by atoms with Gasteiger partial charge in [-0.25, -0.2) is 4.79 Å². The molecular weight excluding hydrogens is 337 g/mol. The molecule has 2 aromatic rings. The number of benzene rings is 1. The molecule has 0 fully saturated rings. The minimum atomic E-state index is -4.36. The highest BCUT2D eigenvalue weighted by Crippen LogP contribution is 2.37. The number of fused-ring (bicyclic) bond motifs is 1. The van der Waals surface area contributed by atoms with Crippen LogP contribution in [-0.2, 0) is 15.7 Å². The predicted molar refractivity (Wildman–Crippen MR) is 91.0 cm³/mol. The fourth-order valence-electron chi connectivity index (χ4n) is 2.33. The van der Waals surface area contributed by atoms with Crippen molar-refractivity contribution in [3.05, 3.63) is 40.8 Å². The van der Waals surface area contributed by atoms with Gasteiger partial charge in [0.1, 0.15) is 0 Å². The third kappa shape index (κ3) is 4.60. The first kappa shape index (κ1) is 18.5. The monoisotopic (exact) mass is 356 g/mol. The van der Waals surface area contributed by atoms with Crippen LogP contribution in [0.2, 0.25) is 0 Å². The number of rotatable bonds is 6. The topological polar surface area (TPSA) is 26.3 Å². The summed E-state index contributed by atoms with van der Waals surface area (Å²) in [5.74, 6) is -0.419. The molecule has 0 aliphatic carbocycles. The van der Waals surface area contributed by atoms with E-state index in [1.807, 2.05) is 13.0 Å². The molecule has 0 spiro atoms. The lowest BCUT2D eigenvalue weighted by Crippen LogP contribution is -2.03. The molecule has 0 saturated carbocycles. The zero-order valence-electron chi connectivity index (χ0n) is 13.6. The van der Waals surface area contributed by atoms with Gasteiger partial charge in [-0.2, -0.15) is 13.2 Å². The van der Waals surface area contributed by atoms with Crippen molar-refractivity contribution >= 4 is 33.0 Å². The minimum Gasteiger partial charge on any atom is -0.463 e. The summed E-state index contributed by atoms with van der Waals surface area (Å²) < 4.78 is 44.0. The second-order valence-corrected chi connectivity index (χ2v) is 6.47. The van der Waals surface area contributed by atoms with Gasteiger partial charge in [-0.05, 0) is 48.9 Å². The summed E-state index contributed by atoms with van der Waals surface area (Å²) in [6.45, 7) is 4.07. The maximum Gasteiger partial charge on any atom is 0.416 e. The molecular formula is C18H19F3O2S. The number of allylic oxidation sites excluding steroid dienone is 1. The average Bonchev–Trinajstić information content (AvgIpc) is 2.93. The Morgan fingerprint density at radius 2 is 2.00 bits per heavy atom. The molecule has 0 unspecified atom stereocenters. The Bertz CT molecular complexity index is 744. The molecule has 1 heterocycles. The summed E-state index contributed by atoms with van der Waals surface area (Å²) in [7, 11) is 0. The summed E-state index contributed by atoms with van der Waals surface area (Å²) in [5, 5.41) is 0.745. The van der Waals surface area contributed by atoms with Crippen LogP contribution < -0.4 is 0 Å². The van der Waals surface area contributed by atoms with Crippen LogP contribution in [0.3, 0.4) is 0 Å². The van der Waals surface area contributed by atoms with E-state index in [0.29, 0.717) is 11.1 Å². The first-order chi connectivity index (χ1) is 11.3. The lowest BCUT2D eigenvalue weighted by atomic mass is 10.1. The predicted octanol–water partition coefficient (Wildman–Crippen LogP) is 6.06. The van der Waals surface area contributed by atoms with Gasteiger partial charge in [0.05, 0.1) is 12.2 Å². The maximum atomic E-state index is 12.8. The van der Waals surface area contributed by atoms with Gasteiger partial charge in [-0.3, -0.25) is 0 Å². The molecule has 0 N–H and O–H groups in total. The SMILES string of the molecule is CCCCC(=CC(=O)OCC)c1cc2ccc(C(F)(F)F)cc2s1. The van der Waals surface area contributed by atoms with E-state index in [0.717, 1.165) is 40.8 Å². The van der Waals surface area contributed by atoms with E-state index in [1.54, 1.807) is 6.92 Å². The first-order valence-corrected chi connectivity index (χ1v) is 8.65. The molecule has 0 saturated heterocycles. The third-order valence-electron chi connectivity index (χ3n) is 3.54. The van der Waals surface area contributed by atoms with Crippen LogP contribution >= 0.6 is 11.3 Å². The molecule has 0 amide bonds. The Kier molecular flexibility index (Phi) is 6.04. The average molecular weight is 356 g/mol. The van der Waals surface area contributed by atoms with Gasteiger partial charge in [0.25, 0.3) is 0 Å². The normalized spacial score (nSPS) is 12.6. The molecule has 2 rings (SSSR count). The van der Waals surface area contributed by atoms with Gasteiger partial charge < -0.3 is 4.74 Å². The highest BCUT2D eigenvalue weighted by Gasteiger charge is 2.30. The van der Waals surface area contributed by atoms with E-state index in [4.69, 9.17) is 4.74 Å². The summed E-state index contributed by atoms with van der Waals surface area (Å²) in [4.78, 5) is 12.6. The molecule has 2 nitrogen and oxygen atoms in total. The molecule has 1 aromatic carbocycles. The van der Waals surface area contributed by atoms with Crippen LogP contribution in [0.4, 0.5) is 13.2 Å². The highest BCUT2D eigenvalue weighted by molar-refractivity contribution is 7.20. The zero-order valence-corrected chi connectivity index (χ0v) is 14.4. The Labute approximate surface area is 142 Å². The Hall–Kier alpha value is -1.82. The number of unbranched alkanes of at least 4 members (excludes halogenated alkanes) is 1. The second kappa shape index (κ2) is 7.83. The van der Waals surface area contributed by atoms with Gasteiger partial charge >= 0.3 is 12.1 Å². The van der Waals surface area contributed by atoms with Crippen LogP contribution in [0, 0.1) is 0 Å². The fourth-order valence-corrected chi connectivity index (χ4v) is 3.47. The lowest BCUT2D eigenvalue weighted by Gasteiger charge is -2.05. The lowest BCUT2D eigenvalue weighted by molar-refractivity contribution is -0.138. The Balaban J connectivity index is 2.40. The molecule has 24 heavy (non-hydrogen) atoms. The molecule has 130 valence electrons. The van der Waals surface area contributed by atoms with Crippen molar-refractivity contribution in [2.45, 2.75) is 39.3 Å². The van der Waals surface area contributed by atoms with E-state index in [1.165, 1.54) is 23.5 Å². The molecule has 0 bridgehead atoms. The van der Waals surface area contributed by atoms with E-state index >= 15 is 0 Å². The molecule has 0 aliphatic rings. The molecule has 0 atom stereocenters. The van der Waals surface area contributed by atoms with Crippen LogP contribution in [0.25, 0.3) is 15.7 Å². The van der Waals surface area contributed by atoms with E-state index in [-0.39, 0.29) is 6.61 Å². The van der Waals surface area contributed by atoms with Crippen molar-refractivity contribution in [1.29, 1.82) is 0 Å². The van der Waals surface area contributed by atoms with Gasteiger partial charge in [0, 0.05) is 15.7 Å². The number of carbonyl (C=O) groups excluding carboxylic acids is 1. The summed E-state index contributed by atoms with van der Waals surface area (Å²) in [6.07, 6.45) is -0.358. The van der Waals surface area contributed by atoms with Gasteiger partial charge in [0.15, 0.2) is 0 Å². The largest absolute Gasteiger partial charge is 0.463 e. The quantitative estimate of drug-likeness (QED) is 0.465. The van der Waals surface area contributed by atoms with Crippen LogP contribution in [0.15, 0.2) is 30.3 Å². The summed E-state index contributed by atoms with van der Waals surface area (Å²) >= 11 is 1.27. The van der Waals surface area contributed by atoms with Gasteiger partial charge in [0.2, 0.25) is 0 Å². The fraction of sp³-hybridized carbons (Fsp3) is 0.389. The number of halogens is 3. The van der Waals surface area contributed by atoms with Crippen LogP contribution in [-0.4, -0.2) is 12.6 Å². The number of ether oxygens (including phenoxy) is 1. The third-order valence-corrected chi connectivity index (χ3v) is 4.72. The summed E-state index contributed by atoms with van der Waals surface area (Å²) in [5.41, 5.74) is 0.151. The van der Waals surface area contributed by atoms with Gasteiger partial charge in [-0.1, -0.05) is 19.4 Å². The second-order valence-electron chi connectivity index (χ2n) is 5.39. The maximum absolute atomic E-state index is 12.8. The van der Waals surface area contributed by atoms with E-state index in [9.17, 15) is 18.0 Å². The zero-order chi connectivity index (χ0) is 17.7. The minimum absolute atomic E-state index is 0.289. The molecule has 0 aliphatic heterocycles. The molecule has 6 heteroatoms. The van der Waals surface area contributed by atoms with E-state index in [2.05, 4.69) is 0 Å². The first-order valence-electron chi connectivity index (χ1n) is 7.83. The standard InChI is InChI=1S/C18H19F3O2S/c1-3-5-6-12(10-17(22)23-4-2)15-9-13-7-8-14(18(19,20)21)11-16(13)24-15/h7-11H,3-6H2,1-2H3. The molecule has 1 aromatic heterocycles. The molecule has 0 radical (unpaired) electrons.